The zero-order valence-electron chi connectivity index (χ0n) is 11.2. The first-order valence-corrected chi connectivity index (χ1v) is 6.13. The normalized spacial score (nSPS) is 10.5. The fourth-order valence-corrected chi connectivity index (χ4v) is 1.56. The fraction of sp³-hybridized carbons (Fsp3) is 0.286. The van der Waals surface area contributed by atoms with Crippen LogP contribution in [0.1, 0.15) is 41.5 Å². The van der Waals surface area contributed by atoms with Crippen molar-refractivity contribution in [2.45, 2.75) is 26.7 Å². The molecule has 2 rings (SSSR count). The van der Waals surface area contributed by atoms with E-state index in [9.17, 15) is 4.79 Å². The molecular weight excluding hydrogens is 240 g/mol. The minimum absolute atomic E-state index is 0.282. The quantitative estimate of drug-likeness (QED) is 0.916. The van der Waals surface area contributed by atoms with E-state index in [2.05, 4.69) is 34.3 Å². The first-order valence-electron chi connectivity index (χ1n) is 6.13. The Bertz CT molecular complexity index is 578. The number of aryl methyl sites for hydroxylation is 1. The van der Waals surface area contributed by atoms with Gasteiger partial charge in [0.15, 0.2) is 5.69 Å². The third kappa shape index (κ3) is 3.34. The molecule has 0 unspecified atom stereocenters. The van der Waals surface area contributed by atoms with Crippen molar-refractivity contribution < 1.29 is 4.79 Å². The number of rotatable bonds is 3. The van der Waals surface area contributed by atoms with Gasteiger partial charge >= 0.3 is 0 Å². The average Bonchev–Trinajstić information content (AvgIpc) is 2.39. The molecular formula is C14H16N4O. The lowest BCUT2D eigenvalue weighted by Gasteiger charge is -2.08. The van der Waals surface area contributed by atoms with Gasteiger partial charge < -0.3 is 5.32 Å². The van der Waals surface area contributed by atoms with Gasteiger partial charge in [0.2, 0.25) is 0 Å². The largest absolute Gasteiger partial charge is 0.319 e. The molecule has 19 heavy (non-hydrogen) atoms. The molecule has 0 atom stereocenters. The molecule has 2 aromatic rings. The lowest BCUT2D eigenvalue weighted by Crippen LogP contribution is -2.14. The SMILES string of the molecule is Cc1ccc(C(=O)Nc2cncc(C(C)C)c2)nn1. The van der Waals surface area contributed by atoms with Crippen molar-refractivity contribution >= 4 is 11.6 Å². The van der Waals surface area contributed by atoms with Crippen LogP contribution in [0, 0.1) is 6.92 Å². The monoisotopic (exact) mass is 256 g/mol. The van der Waals surface area contributed by atoms with Gasteiger partial charge in [-0.2, -0.15) is 5.10 Å². The molecule has 0 aliphatic rings. The molecule has 98 valence electrons. The molecule has 0 aromatic carbocycles. The third-order valence-corrected chi connectivity index (χ3v) is 2.71. The molecule has 0 aliphatic carbocycles. The summed E-state index contributed by atoms with van der Waals surface area (Å²) in [6.07, 6.45) is 3.41. The number of carbonyl (C=O) groups is 1. The van der Waals surface area contributed by atoms with Gasteiger partial charge in [0.1, 0.15) is 0 Å². The molecule has 0 saturated carbocycles. The van der Waals surface area contributed by atoms with Crippen molar-refractivity contribution in [2.75, 3.05) is 5.32 Å². The number of hydrogen-bond acceptors (Lipinski definition) is 4. The molecule has 1 amide bonds. The summed E-state index contributed by atoms with van der Waals surface area (Å²) in [5.41, 5.74) is 2.81. The van der Waals surface area contributed by atoms with Gasteiger partial charge in [-0.05, 0) is 36.6 Å². The van der Waals surface area contributed by atoms with Crippen molar-refractivity contribution in [3.05, 3.63) is 47.5 Å². The second-order valence-corrected chi connectivity index (χ2v) is 4.68. The first kappa shape index (κ1) is 13.1. The molecule has 0 bridgehead atoms. The summed E-state index contributed by atoms with van der Waals surface area (Å²) < 4.78 is 0. The molecule has 0 saturated heterocycles. The molecule has 0 aliphatic heterocycles. The lowest BCUT2D eigenvalue weighted by molar-refractivity contribution is 0.102. The van der Waals surface area contributed by atoms with Crippen LogP contribution in [0.5, 0.6) is 0 Å². The summed E-state index contributed by atoms with van der Waals surface area (Å²) in [6, 6.07) is 5.32. The number of amides is 1. The van der Waals surface area contributed by atoms with Crippen molar-refractivity contribution in [1.82, 2.24) is 15.2 Å². The highest BCUT2D eigenvalue weighted by Crippen LogP contribution is 2.17. The van der Waals surface area contributed by atoms with E-state index < -0.39 is 0 Å². The Morgan fingerprint density at radius 2 is 2.00 bits per heavy atom. The van der Waals surface area contributed by atoms with E-state index in [1.807, 2.05) is 13.0 Å². The topological polar surface area (TPSA) is 67.8 Å². The Balaban J connectivity index is 2.14. The predicted molar refractivity (Wildman–Crippen MR) is 73.0 cm³/mol. The van der Waals surface area contributed by atoms with Crippen molar-refractivity contribution in [1.29, 1.82) is 0 Å². The number of carbonyl (C=O) groups excluding carboxylic acids is 1. The molecule has 2 heterocycles. The molecule has 1 N–H and O–H groups in total. The fourth-order valence-electron chi connectivity index (χ4n) is 1.56. The van der Waals surface area contributed by atoms with Crippen molar-refractivity contribution in [3.8, 4) is 0 Å². The Morgan fingerprint density at radius 1 is 1.21 bits per heavy atom. The van der Waals surface area contributed by atoms with E-state index in [1.165, 1.54) is 0 Å². The molecule has 0 radical (unpaired) electrons. The van der Waals surface area contributed by atoms with E-state index in [0.717, 1.165) is 11.3 Å². The van der Waals surface area contributed by atoms with Crippen LogP contribution in [-0.2, 0) is 0 Å². The number of pyridine rings is 1. The average molecular weight is 256 g/mol. The molecule has 5 heteroatoms. The van der Waals surface area contributed by atoms with Crippen LogP contribution in [0.4, 0.5) is 5.69 Å². The summed E-state index contributed by atoms with van der Waals surface area (Å²) in [6.45, 7) is 5.98. The first-order chi connectivity index (χ1) is 9.06. The summed E-state index contributed by atoms with van der Waals surface area (Å²) in [7, 11) is 0. The minimum Gasteiger partial charge on any atom is -0.319 e. The van der Waals surface area contributed by atoms with Gasteiger partial charge in [0.05, 0.1) is 17.6 Å². The van der Waals surface area contributed by atoms with Gasteiger partial charge in [-0.25, -0.2) is 0 Å². The van der Waals surface area contributed by atoms with Crippen LogP contribution in [0.25, 0.3) is 0 Å². The van der Waals surface area contributed by atoms with E-state index in [0.29, 0.717) is 17.3 Å². The van der Waals surface area contributed by atoms with Gasteiger partial charge in [0, 0.05) is 6.20 Å². The van der Waals surface area contributed by atoms with Crippen LogP contribution < -0.4 is 5.32 Å². The zero-order valence-corrected chi connectivity index (χ0v) is 11.2. The third-order valence-electron chi connectivity index (χ3n) is 2.71. The van der Waals surface area contributed by atoms with Crippen LogP contribution >= 0.6 is 0 Å². The van der Waals surface area contributed by atoms with Gasteiger partial charge in [-0.15, -0.1) is 5.10 Å². The highest BCUT2D eigenvalue weighted by Gasteiger charge is 2.09. The van der Waals surface area contributed by atoms with E-state index >= 15 is 0 Å². The molecule has 5 nitrogen and oxygen atoms in total. The summed E-state index contributed by atoms with van der Waals surface area (Å²) in [5, 5.41) is 10.5. The number of nitrogens with one attached hydrogen (secondary N) is 1. The maximum Gasteiger partial charge on any atom is 0.276 e. The van der Waals surface area contributed by atoms with Crippen LogP contribution in [0.3, 0.4) is 0 Å². The maximum atomic E-state index is 12.0. The van der Waals surface area contributed by atoms with E-state index in [1.54, 1.807) is 24.5 Å². The summed E-state index contributed by atoms with van der Waals surface area (Å²) >= 11 is 0. The Kier molecular flexibility index (Phi) is 3.85. The number of nitrogens with zero attached hydrogens (tertiary/aromatic N) is 3. The minimum atomic E-state index is -0.282. The standard InChI is InChI=1S/C14H16N4O/c1-9(2)11-6-12(8-15-7-11)16-14(19)13-5-4-10(3)17-18-13/h4-9H,1-3H3,(H,16,19). The van der Waals surface area contributed by atoms with Crippen molar-refractivity contribution in [2.24, 2.45) is 0 Å². The Morgan fingerprint density at radius 3 is 2.63 bits per heavy atom. The Hall–Kier alpha value is -2.30. The molecule has 0 fully saturated rings. The van der Waals surface area contributed by atoms with E-state index in [-0.39, 0.29) is 5.91 Å². The van der Waals surface area contributed by atoms with Crippen LogP contribution in [0.15, 0.2) is 30.6 Å². The van der Waals surface area contributed by atoms with Gasteiger partial charge in [-0.1, -0.05) is 13.8 Å². The predicted octanol–water partition coefficient (Wildman–Crippen LogP) is 2.56. The van der Waals surface area contributed by atoms with Gasteiger partial charge in [-0.3, -0.25) is 9.78 Å². The van der Waals surface area contributed by atoms with E-state index in [4.69, 9.17) is 0 Å². The Labute approximate surface area is 112 Å². The maximum absolute atomic E-state index is 12.0. The summed E-state index contributed by atoms with van der Waals surface area (Å²) in [5.74, 6) is 0.0822. The second kappa shape index (κ2) is 5.56. The number of hydrogen-bond donors (Lipinski definition) is 1. The van der Waals surface area contributed by atoms with Crippen molar-refractivity contribution in [3.63, 3.8) is 0 Å². The zero-order chi connectivity index (χ0) is 13.8. The molecule has 2 aromatic heterocycles. The smallest absolute Gasteiger partial charge is 0.276 e. The highest BCUT2D eigenvalue weighted by molar-refractivity contribution is 6.02. The second-order valence-electron chi connectivity index (χ2n) is 4.68. The van der Waals surface area contributed by atoms with Gasteiger partial charge in [0.25, 0.3) is 5.91 Å². The highest BCUT2D eigenvalue weighted by atomic mass is 16.1. The van der Waals surface area contributed by atoms with Crippen LogP contribution in [-0.4, -0.2) is 21.1 Å². The summed E-state index contributed by atoms with van der Waals surface area (Å²) in [4.78, 5) is 16.1. The lowest BCUT2D eigenvalue weighted by atomic mass is 10.1. The number of aromatic nitrogens is 3. The van der Waals surface area contributed by atoms with Crippen LogP contribution in [0.2, 0.25) is 0 Å². The molecule has 0 spiro atoms. The number of anilines is 1.